The lowest BCUT2D eigenvalue weighted by Gasteiger charge is -2.49. The van der Waals surface area contributed by atoms with E-state index >= 15 is 0 Å². The maximum absolute atomic E-state index is 13.2. The normalized spacial score (nSPS) is 18.3. The summed E-state index contributed by atoms with van der Waals surface area (Å²) >= 11 is 2.30. The molecule has 2 aliphatic rings. The quantitative estimate of drug-likeness (QED) is 0.0666. The Bertz CT molecular complexity index is 1540. The van der Waals surface area contributed by atoms with E-state index in [1.807, 2.05) is 6.92 Å². The van der Waals surface area contributed by atoms with E-state index in [0.29, 0.717) is 17.7 Å². The molecule has 17 heteroatoms. The van der Waals surface area contributed by atoms with Gasteiger partial charge >= 0.3 is 11.9 Å². The highest BCUT2D eigenvalue weighted by molar-refractivity contribution is 8.00. The number of amides is 3. The molecule has 4 heterocycles. The lowest BCUT2D eigenvalue weighted by Crippen LogP contribution is -2.71. The summed E-state index contributed by atoms with van der Waals surface area (Å²) in [4.78, 5) is 72.7. The van der Waals surface area contributed by atoms with Crippen LogP contribution < -0.4 is 20.9 Å². The van der Waals surface area contributed by atoms with Crippen molar-refractivity contribution in [2.75, 3.05) is 18.0 Å². The van der Waals surface area contributed by atoms with Gasteiger partial charge in [-0.1, -0.05) is 18.5 Å². The molecule has 6 N–H and O–H groups in total. The fourth-order valence-corrected chi connectivity index (χ4v) is 6.11. The van der Waals surface area contributed by atoms with Crippen LogP contribution >= 0.6 is 23.1 Å². The first-order valence-corrected chi connectivity index (χ1v) is 15.5. The summed E-state index contributed by atoms with van der Waals surface area (Å²) in [6.45, 7) is 5.25. The number of aliphatic carboxylic acids is 2. The van der Waals surface area contributed by atoms with Crippen molar-refractivity contribution in [3.63, 3.8) is 0 Å². The van der Waals surface area contributed by atoms with Crippen LogP contribution in [0.15, 0.2) is 46.3 Å². The number of pyridine rings is 1. The molecule has 0 radical (unpaired) electrons. The minimum absolute atomic E-state index is 0.0148. The lowest BCUT2D eigenvalue weighted by molar-refractivity contribution is -0.689. The number of anilines is 1. The third-order valence-electron chi connectivity index (χ3n) is 6.74. The number of carbonyl (C=O) groups is 5. The molecule has 0 bridgehead atoms. The first-order chi connectivity index (χ1) is 20.8. The number of hydrogen-bond acceptors (Lipinski definition) is 11. The highest BCUT2D eigenvalue weighted by atomic mass is 32.2. The summed E-state index contributed by atoms with van der Waals surface area (Å²) in [6.07, 6.45) is 5.16. The van der Waals surface area contributed by atoms with Crippen LogP contribution in [0, 0.1) is 0 Å². The molecule has 0 spiro atoms. The summed E-state index contributed by atoms with van der Waals surface area (Å²) in [7, 11) is 0. The zero-order valence-electron chi connectivity index (χ0n) is 24.1. The summed E-state index contributed by atoms with van der Waals surface area (Å²) in [5.41, 5.74) is 4.31. The molecule has 1 fully saturated rings. The van der Waals surface area contributed by atoms with E-state index in [4.69, 9.17) is 10.6 Å². The molecule has 0 saturated carbocycles. The number of nitrogen functional groups attached to an aromatic ring is 1. The molecule has 2 aliphatic heterocycles. The third kappa shape index (κ3) is 6.99. The Morgan fingerprint density at radius 3 is 2.55 bits per heavy atom. The molecule has 2 aromatic rings. The number of unbranched alkanes of at least 4 members (excludes halogenated alkanes) is 1. The van der Waals surface area contributed by atoms with E-state index in [0.717, 1.165) is 29.1 Å². The van der Waals surface area contributed by atoms with Crippen molar-refractivity contribution in [3.05, 3.63) is 52.4 Å². The van der Waals surface area contributed by atoms with Crippen LogP contribution in [0.1, 0.15) is 49.7 Å². The molecule has 44 heavy (non-hydrogen) atoms. The van der Waals surface area contributed by atoms with Crippen molar-refractivity contribution in [1.29, 1.82) is 0 Å². The molecule has 234 valence electrons. The minimum Gasteiger partial charge on any atom is -0.478 e. The summed E-state index contributed by atoms with van der Waals surface area (Å²) < 4.78 is 1.71. The number of fused-ring (bicyclic) bond motifs is 1. The number of carbonyl (C=O) groups excluding carboxylic acids is 3. The SMILES string of the molecule is CCCCNC(=O)c1cc[n+](CC2=C(C(=O)O)N3C(=O)[C@@H](NC(=O)/C(=N\OC(C)(C)C(=O)O)c4csc(N)n4)[C@H]3SC2)cc1. The number of nitrogens with two attached hydrogens (primary N) is 1. The van der Waals surface area contributed by atoms with Crippen LogP contribution in [-0.4, -0.2) is 84.8 Å². The molecule has 4 rings (SSSR count). The molecule has 0 unspecified atom stereocenters. The van der Waals surface area contributed by atoms with Crippen LogP contribution in [-0.2, 0) is 30.6 Å². The smallest absolute Gasteiger partial charge is 0.352 e. The average Bonchev–Trinajstić information content (AvgIpc) is 3.41. The van der Waals surface area contributed by atoms with Crippen molar-refractivity contribution in [3.8, 4) is 0 Å². The molecule has 15 nitrogen and oxygen atoms in total. The predicted molar refractivity (Wildman–Crippen MR) is 159 cm³/mol. The molecule has 2 atom stereocenters. The Labute approximate surface area is 260 Å². The fourth-order valence-electron chi connectivity index (χ4n) is 4.23. The maximum atomic E-state index is 13.2. The molecular weight excluding hydrogens is 614 g/mol. The van der Waals surface area contributed by atoms with Crippen LogP contribution in [0.5, 0.6) is 0 Å². The van der Waals surface area contributed by atoms with Crippen molar-refractivity contribution < 1.29 is 43.6 Å². The molecule has 2 aromatic heterocycles. The van der Waals surface area contributed by atoms with E-state index in [1.54, 1.807) is 29.1 Å². The number of carboxylic acid groups (broad SMARTS) is 2. The summed E-state index contributed by atoms with van der Waals surface area (Å²) in [5, 5.41) is 29.3. The number of rotatable bonds is 13. The fraction of sp³-hybridized carbons (Fsp3) is 0.407. The van der Waals surface area contributed by atoms with Crippen LogP contribution in [0.25, 0.3) is 0 Å². The van der Waals surface area contributed by atoms with E-state index in [9.17, 15) is 34.2 Å². The number of nitrogens with one attached hydrogen (secondary N) is 2. The van der Waals surface area contributed by atoms with E-state index in [1.165, 1.54) is 31.0 Å². The second-order valence-electron chi connectivity index (χ2n) is 10.4. The maximum Gasteiger partial charge on any atom is 0.352 e. The molecular formula is C27H32N7O8S2+. The Morgan fingerprint density at radius 1 is 1.25 bits per heavy atom. The standard InChI is InChI=1S/C27H31N7O8S2/c1-4-5-8-29-20(35)14-6-9-33(10-7-14)11-15-12-43-23-18(22(37)34(23)19(15)24(38)39)31-21(36)17(16-13-44-26(28)30-16)32-42-27(2,3)25(40)41/h6-7,9-10,13,18,23H,4-5,8,11-12H2,1-3H3,(H5-,28,29,30,31,35,36,38,39,40,41)/p+1/b32-17-/t18-,23-/m1/s1. The second-order valence-corrected chi connectivity index (χ2v) is 12.4. The minimum atomic E-state index is -1.77. The Morgan fingerprint density at radius 2 is 1.95 bits per heavy atom. The topological polar surface area (TPSA) is 217 Å². The zero-order chi connectivity index (χ0) is 32.2. The average molecular weight is 647 g/mol. The van der Waals surface area contributed by atoms with Crippen molar-refractivity contribution in [2.24, 2.45) is 5.16 Å². The van der Waals surface area contributed by atoms with E-state index < -0.39 is 46.5 Å². The van der Waals surface area contributed by atoms with Gasteiger partial charge in [0.25, 0.3) is 17.7 Å². The van der Waals surface area contributed by atoms with Gasteiger partial charge in [0.2, 0.25) is 5.60 Å². The first kappa shape index (κ1) is 32.4. The molecule has 1 saturated heterocycles. The number of thioether (sulfide) groups is 1. The van der Waals surface area contributed by atoms with Gasteiger partial charge in [0.05, 0.1) is 5.56 Å². The number of thiazole rings is 1. The predicted octanol–water partition coefficient (Wildman–Crippen LogP) is 0.565. The Balaban J connectivity index is 1.49. The number of β-lactam (4-membered cyclic amide) rings is 1. The van der Waals surface area contributed by atoms with Gasteiger partial charge in [-0.25, -0.2) is 19.1 Å². The van der Waals surface area contributed by atoms with Gasteiger partial charge in [0.15, 0.2) is 29.8 Å². The number of nitrogens with zero attached hydrogens (tertiary/aromatic N) is 4. The van der Waals surface area contributed by atoms with Gasteiger partial charge in [-0.15, -0.1) is 23.1 Å². The monoisotopic (exact) mass is 646 g/mol. The van der Waals surface area contributed by atoms with Crippen molar-refractivity contribution in [1.82, 2.24) is 20.5 Å². The summed E-state index contributed by atoms with van der Waals surface area (Å²) in [5.74, 6) is -4.08. The number of carboxylic acids is 2. The Hall–Kier alpha value is -4.51. The van der Waals surface area contributed by atoms with Crippen LogP contribution in [0.2, 0.25) is 0 Å². The van der Waals surface area contributed by atoms with Crippen LogP contribution in [0.4, 0.5) is 5.13 Å². The van der Waals surface area contributed by atoms with Gasteiger partial charge in [-0.2, -0.15) is 0 Å². The zero-order valence-corrected chi connectivity index (χ0v) is 25.7. The van der Waals surface area contributed by atoms with Crippen molar-refractivity contribution in [2.45, 2.75) is 57.2 Å². The molecule has 0 aliphatic carbocycles. The van der Waals surface area contributed by atoms with E-state index in [-0.39, 0.29) is 34.7 Å². The van der Waals surface area contributed by atoms with Gasteiger partial charge in [-0.05, 0) is 20.3 Å². The molecule has 3 amide bonds. The van der Waals surface area contributed by atoms with Gasteiger partial charge in [0.1, 0.15) is 22.8 Å². The summed E-state index contributed by atoms with van der Waals surface area (Å²) in [6, 6.07) is 2.19. The molecule has 0 aromatic carbocycles. The van der Waals surface area contributed by atoms with Gasteiger partial charge in [-0.3, -0.25) is 19.3 Å². The second kappa shape index (κ2) is 13.4. The highest BCUT2D eigenvalue weighted by Crippen LogP contribution is 2.40. The van der Waals surface area contributed by atoms with Crippen molar-refractivity contribution >= 4 is 63.6 Å². The lowest BCUT2D eigenvalue weighted by atomic mass is 10.0. The highest BCUT2D eigenvalue weighted by Gasteiger charge is 2.55. The number of oxime groups is 1. The number of hydrogen-bond donors (Lipinski definition) is 5. The first-order valence-electron chi connectivity index (χ1n) is 13.5. The largest absolute Gasteiger partial charge is 0.478 e. The Kier molecular flexibility index (Phi) is 9.88. The third-order valence-corrected chi connectivity index (χ3v) is 8.75. The van der Waals surface area contributed by atoms with Crippen LogP contribution in [0.3, 0.4) is 0 Å². The van der Waals surface area contributed by atoms with E-state index in [2.05, 4.69) is 20.8 Å². The van der Waals surface area contributed by atoms with Gasteiger partial charge < -0.3 is 31.4 Å². The van der Waals surface area contributed by atoms with Gasteiger partial charge in [0, 0.05) is 35.4 Å². The number of aromatic nitrogens is 2.